The highest BCUT2D eigenvalue weighted by atomic mass is 79.9. The number of piperidine rings is 1. The van der Waals surface area contributed by atoms with Crippen molar-refractivity contribution >= 4 is 27.5 Å². The van der Waals surface area contributed by atoms with E-state index in [1.54, 1.807) is 12.1 Å². The van der Waals surface area contributed by atoms with Crippen LogP contribution in [-0.4, -0.2) is 34.0 Å². The van der Waals surface area contributed by atoms with Crippen molar-refractivity contribution in [1.29, 1.82) is 0 Å². The van der Waals surface area contributed by atoms with Gasteiger partial charge < -0.3 is 9.84 Å². The molecule has 0 unspecified atom stereocenters. The van der Waals surface area contributed by atoms with Crippen molar-refractivity contribution in [2.45, 2.75) is 19.4 Å². The minimum atomic E-state index is -0.319. The molecule has 150 valence electrons. The van der Waals surface area contributed by atoms with Crippen LogP contribution in [0.15, 0.2) is 57.5 Å². The summed E-state index contributed by atoms with van der Waals surface area (Å²) < 4.78 is 19.3. The van der Waals surface area contributed by atoms with E-state index >= 15 is 0 Å². The maximum atomic E-state index is 13.0. The molecule has 3 aromatic rings. The Labute approximate surface area is 176 Å². The molecule has 0 spiro atoms. The van der Waals surface area contributed by atoms with E-state index < -0.39 is 0 Å². The van der Waals surface area contributed by atoms with Gasteiger partial charge in [0.15, 0.2) is 0 Å². The van der Waals surface area contributed by atoms with E-state index in [-0.39, 0.29) is 17.6 Å². The molecule has 0 bridgehead atoms. The number of carbonyl (C=O) groups is 1. The third-order valence-electron chi connectivity index (χ3n) is 4.98. The number of carbonyl (C=O) groups excluding carboxylic acids is 1. The fourth-order valence-corrected chi connectivity index (χ4v) is 3.79. The molecule has 1 amide bonds. The van der Waals surface area contributed by atoms with E-state index in [0.29, 0.717) is 23.9 Å². The van der Waals surface area contributed by atoms with E-state index in [2.05, 4.69) is 36.3 Å². The second-order valence-electron chi connectivity index (χ2n) is 7.07. The topological polar surface area (TPSA) is 71.3 Å². The smallest absolute Gasteiger partial charge is 0.241 e. The number of aromatic nitrogens is 2. The van der Waals surface area contributed by atoms with Gasteiger partial charge >= 0.3 is 0 Å². The third-order valence-corrected chi connectivity index (χ3v) is 5.47. The Hall–Kier alpha value is -2.58. The Bertz CT molecular complexity index is 984. The number of hydrogen-bond donors (Lipinski definition) is 1. The Morgan fingerprint density at radius 3 is 2.69 bits per heavy atom. The zero-order chi connectivity index (χ0) is 20.2. The van der Waals surface area contributed by atoms with Crippen molar-refractivity contribution < 1.29 is 13.7 Å². The highest BCUT2D eigenvalue weighted by molar-refractivity contribution is 9.10. The fourth-order valence-electron chi connectivity index (χ4n) is 3.39. The van der Waals surface area contributed by atoms with Crippen LogP contribution in [0, 0.1) is 11.7 Å². The average Bonchev–Trinajstić information content (AvgIpc) is 3.19. The summed E-state index contributed by atoms with van der Waals surface area (Å²) in [5, 5.41) is 6.93. The molecule has 1 saturated heterocycles. The number of rotatable bonds is 5. The summed E-state index contributed by atoms with van der Waals surface area (Å²) in [4.78, 5) is 19.1. The van der Waals surface area contributed by atoms with Gasteiger partial charge in [-0.3, -0.25) is 9.69 Å². The van der Waals surface area contributed by atoms with E-state index in [4.69, 9.17) is 4.52 Å². The second kappa shape index (κ2) is 8.84. The fraction of sp³-hybridized carbons (Fsp3) is 0.286. The van der Waals surface area contributed by atoms with Crippen molar-refractivity contribution in [2.24, 2.45) is 5.92 Å². The molecule has 0 aliphatic carbocycles. The molecule has 1 aliphatic rings. The highest BCUT2D eigenvalue weighted by Gasteiger charge is 2.26. The number of benzene rings is 2. The Morgan fingerprint density at radius 1 is 1.21 bits per heavy atom. The zero-order valence-electron chi connectivity index (χ0n) is 15.6. The third kappa shape index (κ3) is 5.07. The monoisotopic (exact) mass is 458 g/mol. The molecule has 4 rings (SSSR count). The average molecular weight is 459 g/mol. The normalized spacial score (nSPS) is 15.4. The van der Waals surface area contributed by atoms with Crippen LogP contribution in [0.1, 0.15) is 18.7 Å². The lowest BCUT2D eigenvalue weighted by Crippen LogP contribution is -2.37. The number of hydrogen-bond acceptors (Lipinski definition) is 5. The molecule has 6 nitrogen and oxygen atoms in total. The summed E-state index contributed by atoms with van der Waals surface area (Å²) in [7, 11) is 0. The summed E-state index contributed by atoms with van der Waals surface area (Å²) >= 11 is 3.44. The Balaban J connectivity index is 1.29. The first-order valence-electron chi connectivity index (χ1n) is 9.44. The summed E-state index contributed by atoms with van der Waals surface area (Å²) in [6.07, 6.45) is 1.50. The van der Waals surface area contributed by atoms with Crippen LogP contribution in [0.4, 0.5) is 10.1 Å². The minimum Gasteiger partial charge on any atom is -0.338 e. The molecule has 1 aromatic heterocycles. The van der Waals surface area contributed by atoms with Gasteiger partial charge in [-0.15, -0.1) is 0 Å². The molecule has 2 heterocycles. The quantitative estimate of drug-likeness (QED) is 0.609. The number of amides is 1. The van der Waals surface area contributed by atoms with Gasteiger partial charge in [0.25, 0.3) is 0 Å². The molecule has 2 aromatic carbocycles. The van der Waals surface area contributed by atoms with Crippen LogP contribution in [0.3, 0.4) is 0 Å². The van der Waals surface area contributed by atoms with E-state index in [1.165, 1.54) is 12.1 Å². The van der Waals surface area contributed by atoms with Gasteiger partial charge in [-0.2, -0.15) is 4.98 Å². The Morgan fingerprint density at radius 2 is 1.97 bits per heavy atom. The van der Waals surface area contributed by atoms with Crippen LogP contribution in [0.2, 0.25) is 0 Å². The predicted octanol–water partition coefficient (Wildman–Crippen LogP) is 4.49. The summed E-state index contributed by atoms with van der Waals surface area (Å²) in [6, 6.07) is 13.6. The molecule has 29 heavy (non-hydrogen) atoms. The number of nitrogens with zero attached hydrogens (tertiary/aromatic N) is 3. The van der Waals surface area contributed by atoms with Gasteiger partial charge in [0.05, 0.1) is 6.54 Å². The molecule has 1 N–H and O–H groups in total. The molecule has 0 saturated carbocycles. The standard InChI is InChI=1S/C21H20BrFN4O2/c22-16-3-1-2-15(12-16)20-25-19(29-26-20)13-27-10-8-14(9-11-27)21(28)24-18-6-4-17(23)5-7-18/h1-7,12,14H,8-11,13H2,(H,24,28). The zero-order valence-corrected chi connectivity index (χ0v) is 17.2. The maximum Gasteiger partial charge on any atom is 0.241 e. The van der Waals surface area contributed by atoms with Gasteiger partial charge in [-0.1, -0.05) is 33.2 Å². The molecule has 1 fully saturated rings. The lowest BCUT2D eigenvalue weighted by atomic mass is 9.96. The summed E-state index contributed by atoms with van der Waals surface area (Å²) in [5.74, 6) is 0.728. The maximum absolute atomic E-state index is 13.0. The molecule has 1 aliphatic heterocycles. The highest BCUT2D eigenvalue weighted by Crippen LogP contribution is 2.23. The van der Waals surface area contributed by atoms with Gasteiger partial charge in [0, 0.05) is 21.6 Å². The number of nitrogens with one attached hydrogen (secondary N) is 1. The van der Waals surface area contributed by atoms with Crippen molar-refractivity contribution in [3.05, 3.63) is 64.7 Å². The van der Waals surface area contributed by atoms with E-state index in [9.17, 15) is 9.18 Å². The number of halogens is 2. The SMILES string of the molecule is O=C(Nc1ccc(F)cc1)C1CCN(Cc2nc(-c3cccc(Br)c3)no2)CC1. The molecule has 0 radical (unpaired) electrons. The van der Waals surface area contributed by atoms with Crippen LogP contribution in [-0.2, 0) is 11.3 Å². The minimum absolute atomic E-state index is 0.0222. The first kappa shape index (κ1) is 19.7. The van der Waals surface area contributed by atoms with Crippen molar-refractivity contribution in [3.63, 3.8) is 0 Å². The van der Waals surface area contributed by atoms with E-state index in [0.717, 1.165) is 36.0 Å². The van der Waals surface area contributed by atoms with Crippen LogP contribution < -0.4 is 5.32 Å². The van der Waals surface area contributed by atoms with Crippen LogP contribution in [0.5, 0.6) is 0 Å². The van der Waals surface area contributed by atoms with Gasteiger partial charge in [-0.25, -0.2) is 4.39 Å². The van der Waals surface area contributed by atoms with Crippen molar-refractivity contribution in [2.75, 3.05) is 18.4 Å². The largest absolute Gasteiger partial charge is 0.338 e. The predicted molar refractivity (Wildman–Crippen MR) is 110 cm³/mol. The van der Waals surface area contributed by atoms with Gasteiger partial charge in [-0.05, 0) is 62.3 Å². The van der Waals surface area contributed by atoms with Crippen LogP contribution in [0.25, 0.3) is 11.4 Å². The van der Waals surface area contributed by atoms with Gasteiger partial charge in [0.1, 0.15) is 5.82 Å². The van der Waals surface area contributed by atoms with Gasteiger partial charge in [0.2, 0.25) is 17.6 Å². The molecular weight excluding hydrogens is 439 g/mol. The molecule has 8 heteroatoms. The van der Waals surface area contributed by atoms with E-state index in [1.807, 2.05) is 24.3 Å². The Kier molecular flexibility index (Phi) is 6.01. The number of likely N-dealkylation sites (tertiary alicyclic amines) is 1. The van der Waals surface area contributed by atoms with Crippen molar-refractivity contribution in [3.8, 4) is 11.4 Å². The molecule has 0 atom stereocenters. The first-order chi connectivity index (χ1) is 14.1. The summed E-state index contributed by atoms with van der Waals surface area (Å²) in [6.45, 7) is 2.11. The second-order valence-corrected chi connectivity index (χ2v) is 7.98. The first-order valence-corrected chi connectivity index (χ1v) is 10.2. The van der Waals surface area contributed by atoms with Crippen molar-refractivity contribution in [1.82, 2.24) is 15.0 Å². The van der Waals surface area contributed by atoms with Crippen LogP contribution >= 0.6 is 15.9 Å². The lowest BCUT2D eigenvalue weighted by Gasteiger charge is -2.30. The molecular formula is C21H20BrFN4O2. The lowest BCUT2D eigenvalue weighted by molar-refractivity contribution is -0.121. The summed E-state index contributed by atoms with van der Waals surface area (Å²) in [5.41, 5.74) is 1.51. The number of anilines is 1.